The molecule has 0 saturated heterocycles. The summed E-state index contributed by atoms with van der Waals surface area (Å²) in [5.41, 5.74) is 6.90. The van der Waals surface area contributed by atoms with E-state index >= 15 is 0 Å². The second-order valence-corrected chi connectivity index (χ2v) is 7.95. The summed E-state index contributed by atoms with van der Waals surface area (Å²) in [5, 5.41) is 0. The summed E-state index contributed by atoms with van der Waals surface area (Å²) in [6.07, 6.45) is 11.0. The zero-order chi connectivity index (χ0) is 25.1. The molecule has 0 aromatic heterocycles. The quantitative estimate of drug-likeness (QED) is 0.130. The van der Waals surface area contributed by atoms with Crippen LogP contribution in [0.2, 0.25) is 0 Å². The first-order valence-corrected chi connectivity index (χ1v) is 17.7. The number of hydrogen-bond acceptors (Lipinski definition) is 0. The minimum atomic E-state index is 0. The van der Waals surface area contributed by atoms with Crippen molar-refractivity contribution in [3.63, 3.8) is 0 Å². The molecule has 0 nitrogen and oxygen atoms in total. The second kappa shape index (κ2) is 22.1. The maximum Gasteiger partial charge on any atom is -0.171 e. The maximum absolute atomic E-state index is 3.57. The molecule has 0 unspecified atom stereocenters. The summed E-state index contributed by atoms with van der Waals surface area (Å²) in [5.74, 6) is 0.564. The van der Waals surface area contributed by atoms with E-state index in [4.69, 9.17) is 0 Å². The molecule has 4 heteroatoms. The number of fused-ring (bicyclic) bond motifs is 3. The Morgan fingerprint density at radius 1 is 0.730 bits per heavy atom. The largest absolute Gasteiger partial charge is 0.184 e. The van der Waals surface area contributed by atoms with Gasteiger partial charge in [-0.1, -0.05) is 49.2 Å². The Morgan fingerprint density at radius 2 is 1.32 bits per heavy atom. The van der Waals surface area contributed by atoms with Crippen molar-refractivity contribution in [3.8, 4) is 11.1 Å². The van der Waals surface area contributed by atoms with E-state index in [2.05, 4.69) is 80.6 Å². The summed E-state index contributed by atoms with van der Waals surface area (Å²) < 4.78 is 0. The molecule has 0 saturated carbocycles. The Bertz CT molecular complexity index is 1060. The molecule has 0 bridgehead atoms. The van der Waals surface area contributed by atoms with Crippen LogP contribution in [0.25, 0.3) is 11.1 Å². The number of allylic oxidation sites excluding steroid dienone is 4. The van der Waals surface area contributed by atoms with Crippen molar-refractivity contribution in [2.45, 2.75) is 32.6 Å². The molecule has 4 aromatic rings. The monoisotopic (exact) mass is 618 g/mol. The molecule has 4 aromatic carbocycles. The van der Waals surface area contributed by atoms with E-state index < -0.39 is 0 Å². The van der Waals surface area contributed by atoms with Gasteiger partial charge in [0.2, 0.25) is 0 Å². The van der Waals surface area contributed by atoms with Gasteiger partial charge in [-0.15, -0.1) is 42.4 Å². The van der Waals surface area contributed by atoms with Crippen LogP contribution < -0.4 is 0 Å². The predicted octanol–water partition coefficient (Wildman–Crippen LogP) is 8.39. The minimum absolute atomic E-state index is 0. The van der Waals surface area contributed by atoms with E-state index in [9.17, 15) is 0 Å². The number of halogens is 2. The third kappa shape index (κ3) is 13.4. The maximum atomic E-state index is 3.57. The van der Waals surface area contributed by atoms with Crippen LogP contribution in [0.15, 0.2) is 115 Å². The van der Waals surface area contributed by atoms with E-state index in [1.807, 2.05) is 79.7 Å². The Balaban J connectivity index is 0.000000514. The van der Waals surface area contributed by atoms with Crippen molar-refractivity contribution in [1.82, 2.24) is 0 Å². The van der Waals surface area contributed by atoms with Crippen LogP contribution in [0.4, 0.5) is 0 Å². The fourth-order valence-corrected chi connectivity index (χ4v) is 3.44. The van der Waals surface area contributed by atoms with Crippen LogP contribution in [0.1, 0.15) is 42.9 Å². The van der Waals surface area contributed by atoms with Crippen molar-refractivity contribution < 1.29 is 23.3 Å². The van der Waals surface area contributed by atoms with Crippen molar-refractivity contribution in [2.75, 3.05) is 0 Å². The summed E-state index contributed by atoms with van der Waals surface area (Å²) in [6.45, 7) is 6.40. The Kier molecular flexibility index (Phi) is 20.9. The topological polar surface area (TPSA) is 0 Å². The van der Waals surface area contributed by atoms with Crippen LogP contribution in [-0.2, 0) is 29.8 Å². The van der Waals surface area contributed by atoms with Gasteiger partial charge in [-0.05, 0) is 12.3 Å². The van der Waals surface area contributed by atoms with Crippen molar-refractivity contribution in [3.05, 3.63) is 156 Å². The zero-order valence-electron chi connectivity index (χ0n) is 21.5. The smallest absolute Gasteiger partial charge is 0.171 e. The van der Waals surface area contributed by atoms with Gasteiger partial charge in [-0.25, -0.2) is 12.2 Å². The fraction of sp³-hybridized carbons (Fsp3) is 0.152. The average Bonchev–Trinajstić information content (AvgIpc) is 3.64. The first kappa shape index (κ1) is 35.0. The molecule has 0 atom stereocenters. The van der Waals surface area contributed by atoms with Gasteiger partial charge in [-0.2, -0.15) is 103 Å². The molecule has 37 heavy (non-hydrogen) atoms. The van der Waals surface area contributed by atoms with Gasteiger partial charge >= 0.3 is 30.2 Å². The van der Waals surface area contributed by atoms with Gasteiger partial charge < -0.3 is 0 Å². The first-order valence-electron chi connectivity index (χ1n) is 11.8. The number of hydrogen-bond donors (Lipinski definition) is 0. The molecular weight excluding hydrogens is 587 g/mol. The third-order valence-electron chi connectivity index (χ3n) is 5.15. The summed E-state index contributed by atoms with van der Waals surface area (Å²) in [6, 6.07) is 41.7. The molecular formula is C33H34Cl2SiZr-4. The molecule has 0 N–H and O–H groups in total. The second-order valence-electron chi connectivity index (χ2n) is 7.95. The summed E-state index contributed by atoms with van der Waals surface area (Å²) in [4.78, 5) is 0. The molecule has 0 spiro atoms. The Labute approximate surface area is 253 Å². The van der Waals surface area contributed by atoms with Crippen LogP contribution in [0.5, 0.6) is 0 Å². The van der Waals surface area contributed by atoms with Crippen LogP contribution in [0.3, 0.4) is 0 Å². The summed E-state index contributed by atoms with van der Waals surface area (Å²) in [7, 11) is 0. The van der Waals surface area contributed by atoms with Gasteiger partial charge in [0.25, 0.3) is 0 Å². The zero-order valence-corrected chi connectivity index (χ0v) is 27.0. The van der Waals surface area contributed by atoms with E-state index in [1.54, 1.807) is 23.3 Å². The Hall–Kier alpha value is -1.96. The van der Waals surface area contributed by atoms with E-state index in [0.717, 1.165) is 12.8 Å². The van der Waals surface area contributed by atoms with Crippen molar-refractivity contribution in [1.29, 1.82) is 0 Å². The fourth-order valence-electron chi connectivity index (χ4n) is 3.44. The minimum Gasteiger partial charge on any atom is -0.184 e. The summed E-state index contributed by atoms with van der Waals surface area (Å²) >= 11 is 1.58. The van der Waals surface area contributed by atoms with Crippen LogP contribution in [-0.4, -0.2) is 6.88 Å². The first-order chi connectivity index (χ1) is 17.3. The van der Waals surface area contributed by atoms with E-state index in [1.165, 1.54) is 27.8 Å². The van der Waals surface area contributed by atoms with Gasteiger partial charge in [0.05, 0.1) is 0 Å². The van der Waals surface area contributed by atoms with Crippen LogP contribution >= 0.6 is 24.8 Å². The van der Waals surface area contributed by atoms with Crippen LogP contribution in [0, 0.1) is 24.3 Å². The molecule has 6 rings (SSSR count). The average molecular weight is 621 g/mol. The number of benzene rings is 4. The molecule has 2 aliphatic rings. The van der Waals surface area contributed by atoms with E-state index in [0.29, 0.717) is 5.92 Å². The molecule has 2 aliphatic carbocycles. The van der Waals surface area contributed by atoms with Gasteiger partial charge in [0, 0.05) is 0 Å². The molecule has 0 fully saturated rings. The molecule has 0 radical (unpaired) electrons. The van der Waals surface area contributed by atoms with Gasteiger partial charge in [0.15, 0.2) is 0 Å². The van der Waals surface area contributed by atoms with Crippen molar-refractivity contribution in [2.24, 2.45) is 0 Å². The number of rotatable bonds is 1. The van der Waals surface area contributed by atoms with Gasteiger partial charge in [0.1, 0.15) is 0 Å². The van der Waals surface area contributed by atoms with Gasteiger partial charge in [-0.3, -0.25) is 6.08 Å². The molecule has 0 aliphatic heterocycles. The molecule has 0 amide bonds. The SMILES string of the molecule is CC(C)c1[c-]c2c(cc1)-c1ccccc1C2.Cl.Cl.[C-]1=CC=CC1.[SiH2]=[Zr].[c-]1ccccc1.[c-]1ccccc1. The van der Waals surface area contributed by atoms with Crippen molar-refractivity contribution >= 4 is 31.7 Å². The molecule has 192 valence electrons. The predicted molar refractivity (Wildman–Crippen MR) is 163 cm³/mol. The van der Waals surface area contributed by atoms with E-state index in [-0.39, 0.29) is 24.8 Å². The Morgan fingerprint density at radius 3 is 1.73 bits per heavy atom. The standard InChI is InChI=1S/C16H15.2C6H5.C5H5.2ClH.H2Si.Zr/c1-11(2)12-7-8-16-14(9-12)10-13-5-3-4-6-15(13)16;2*1-2-4-6-5-3-1;1-2-4-5-3-1;;;;/h3-8,11H,10H2,1-2H3;2*1-5H;1-3H,4H2;2*1H;1H2;/q4*-1;;;;. The normalized spacial score (nSPS) is 10.5. The molecule has 0 heterocycles. The third-order valence-corrected chi connectivity index (χ3v) is 5.15.